The minimum Gasteiger partial charge on any atom is -0.480 e. The molecule has 0 bridgehead atoms. The summed E-state index contributed by atoms with van der Waals surface area (Å²) in [5.74, 6) is -1.21. The number of aliphatic carboxylic acids is 1. The molecule has 0 saturated carbocycles. The summed E-state index contributed by atoms with van der Waals surface area (Å²) in [6, 6.07) is 16.9. The third-order valence-electron chi connectivity index (χ3n) is 2.89. The molecule has 1 N–H and O–H groups in total. The van der Waals surface area contributed by atoms with Crippen LogP contribution in [-0.2, 0) is 10.3 Å². The van der Waals surface area contributed by atoms with Gasteiger partial charge >= 0.3 is 5.97 Å². The van der Waals surface area contributed by atoms with Crippen molar-refractivity contribution in [1.82, 2.24) is 0 Å². The van der Waals surface area contributed by atoms with Gasteiger partial charge in [-0.2, -0.15) is 0 Å². The molecule has 2 aromatic rings. The van der Waals surface area contributed by atoms with E-state index in [-0.39, 0.29) is 0 Å². The quantitative estimate of drug-likeness (QED) is 0.514. The average Bonchev–Trinajstić information content (AvgIpc) is 2.46. The van der Waals surface area contributed by atoms with Crippen LogP contribution in [0.15, 0.2) is 65.8 Å². The van der Waals surface area contributed by atoms with Gasteiger partial charge in [0.25, 0.3) is 0 Å². The zero-order valence-electron chi connectivity index (χ0n) is 9.97. The smallest absolute Gasteiger partial charge is 0.324 e. The number of hydrogen-bond donors (Lipinski definition) is 1. The molecule has 5 nitrogen and oxygen atoms in total. The second-order valence-electron chi connectivity index (χ2n) is 3.94. The molecule has 0 aliphatic carbocycles. The fourth-order valence-corrected chi connectivity index (χ4v) is 2.00. The number of benzene rings is 2. The lowest BCUT2D eigenvalue weighted by atomic mass is 9.84. The summed E-state index contributed by atoms with van der Waals surface area (Å²) >= 11 is 0. The highest BCUT2D eigenvalue weighted by Crippen LogP contribution is 2.34. The second-order valence-corrected chi connectivity index (χ2v) is 3.94. The van der Waals surface area contributed by atoms with Gasteiger partial charge in [0.1, 0.15) is 0 Å². The first-order valence-corrected chi connectivity index (χ1v) is 5.62. The molecule has 0 fully saturated rings. The third-order valence-corrected chi connectivity index (χ3v) is 2.89. The Labute approximate surface area is 109 Å². The zero-order chi connectivity index (χ0) is 13.7. The molecule has 0 saturated heterocycles. The summed E-state index contributed by atoms with van der Waals surface area (Å²) in [4.78, 5) is 14.5. The number of carboxylic acids is 1. The Bertz CT molecular complexity index is 576. The van der Waals surface area contributed by atoms with Crippen LogP contribution in [0.4, 0.5) is 0 Å². The van der Waals surface area contributed by atoms with Gasteiger partial charge < -0.3 is 5.11 Å². The molecule has 2 aromatic carbocycles. The van der Waals surface area contributed by atoms with Gasteiger partial charge in [-0.15, -0.1) is 0 Å². The summed E-state index contributed by atoms with van der Waals surface area (Å²) in [5, 5.41) is 13.2. The van der Waals surface area contributed by atoms with Crippen LogP contribution in [0.25, 0.3) is 10.4 Å². The molecule has 0 heterocycles. The Balaban J connectivity index is 2.76. The van der Waals surface area contributed by atoms with E-state index in [0.717, 1.165) is 0 Å². The molecule has 0 aromatic heterocycles. The average molecular weight is 253 g/mol. The molecule has 0 unspecified atom stereocenters. The van der Waals surface area contributed by atoms with Crippen molar-refractivity contribution in [2.24, 2.45) is 5.11 Å². The molecular weight excluding hydrogens is 242 g/mol. The van der Waals surface area contributed by atoms with Crippen molar-refractivity contribution in [3.63, 3.8) is 0 Å². The number of rotatable bonds is 4. The summed E-state index contributed by atoms with van der Waals surface area (Å²) in [6.07, 6.45) is 0. The summed E-state index contributed by atoms with van der Waals surface area (Å²) < 4.78 is 0. The van der Waals surface area contributed by atoms with E-state index in [1.807, 2.05) is 0 Å². The van der Waals surface area contributed by atoms with Crippen molar-refractivity contribution in [2.45, 2.75) is 5.54 Å². The normalized spacial score (nSPS) is 10.5. The van der Waals surface area contributed by atoms with Gasteiger partial charge in [-0.3, -0.25) is 4.79 Å². The van der Waals surface area contributed by atoms with E-state index in [1.54, 1.807) is 60.7 Å². The maximum absolute atomic E-state index is 11.7. The molecule has 0 aliphatic heterocycles. The predicted octanol–water partition coefficient (Wildman–Crippen LogP) is 3.33. The molecule has 0 radical (unpaired) electrons. The third kappa shape index (κ3) is 2.14. The highest BCUT2D eigenvalue weighted by molar-refractivity contribution is 5.85. The lowest BCUT2D eigenvalue weighted by Gasteiger charge is -2.25. The molecule has 94 valence electrons. The summed E-state index contributed by atoms with van der Waals surface area (Å²) in [5.41, 5.74) is 7.87. The van der Waals surface area contributed by atoms with Crippen LogP contribution in [0.5, 0.6) is 0 Å². The van der Waals surface area contributed by atoms with E-state index in [2.05, 4.69) is 10.0 Å². The van der Waals surface area contributed by atoms with Crippen molar-refractivity contribution in [2.75, 3.05) is 0 Å². The number of carbonyl (C=O) groups is 1. The fourth-order valence-electron chi connectivity index (χ4n) is 2.00. The van der Waals surface area contributed by atoms with Crippen LogP contribution in [0.1, 0.15) is 11.1 Å². The highest BCUT2D eigenvalue weighted by atomic mass is 16.4. The predicted molar refractivity (Wildman–Crippen MR) is 70.4 cm³/mol. The monoisotopic (exact) mass is 253 g/mol. The minimum absolute atomic E-state index is 0.423. The van der Waals surface area contributed by atoms with Crippen LogP contribution >= 0.6 is 0 Å². The topological polar surface area (TPSA) is 86.1 Å². The van der Waals surface area contributed by atoms with Gasteiger partial charge in [-0.25, -0.2) is 0 Å². The summed E-state index contributed by atoms with van der Waals surface area (Å²) in [6.45, 7) is 0. The van der Waals surface area contributed by atoms with Crippen molar-refractivity contribution in [3.05, 3.63) is 82.2 Å². The van der Waals surface area contributed by atoms with Crippen LogP contribution in [0.3, 0.4) is 0 Å². The van der Waals surface area contributed by atoms with Gasteiger partial charge in [0, 0.05) is 4.91 Å². The van der Waals surface area contributed by atoms with Gasteiger partial charge in [0.2, 0.25) is 0 Å². The van der Waals surface area contributed by atoms with E-state index < -0.39 is 11.5 Å². The van der Waals surface area contributed by atoms with Crippen LogP contribution < -0.4 is 0 Å². The number of hydrogen-bond acceptors (Lipinski definition) is 2. The van der Waals surface area contributed by atoms with Crippen molar-refractivity contribution in [1.29, 1.82) is 0 Å². The first kappa shape index (κ1) is 12.7. The van der Waals surface area contributed by atoms with Crippen molar-refractivity contribution in [3.8, 4) is 0 Å². The largest absolute Gasteiger partial charge is 0.480 e. The number of carboxylic acid groups (broad SMARTS) is 1. The molecular formula is C14H11N3O2. The Hall–Kier alpha value is -2.78. The van der Waals surface area contributed by atoms with Gasteiger partial charge in [-0.1, -0.05) is 65.8 Å². The molecule has 0 aliphatic rings. The minimum atomic E-state index is -1.74. The molecule has 5 heteroatoms. The molecule has 0 amide bonds. The maximum atomic E-state index is 11.7. The van der Waals surface area contributed by atoms with E-state index in [9.17, 15) is 9.90 Å². The summed E-state index contributed by atoms with van der Waals surface area (Å²) in [7, 11) is 0. The van der Waals surface area contributed by atoms with E-state index in [0.29, 0.717) is 11.1 Å². The second kappa shape index (κ2) is 5.25. The van der Waals surface area contributed by atoms with Crippen LogP contribution in [0.2, 0.25) is 0 Å². The lowest BCUT2D eigenvalue weighted by Crippen LogP contribution is -2.34. The first-order chi connectivity index (χ1) is 9.21. The van der Waals surface area contributed by atoms with Crippen molar-refractivity contribution < 1.29 is 9.90 Å². The molecule has 19 heavy (non-hydrogen) atoms. The van der Waals surface area contributed by atoms with Gasteiger partial charge in [-0.05, 0) is 16.7 Å². The van der Waals surface area contributed by atoms with E-state index in [1.165, 1.54) is 0 Å². The van der Waals surface area contributed by atoms with Gasteiger partial charge in [0.15, 0.2) is 5.54 Å². The maximum Gasteiger partial charge on any atom is 0.324 e. The van der Waals surface area contributed by atoms with E-state index in [4.69, 9.17) is 5.53 Å². The Kier molecular flexibility index (Phi) is 3.50. The number of nitrogens with zero attached hydrogens (tertiary/aromatic N) is 3. The van der Waals surface area contributed by atoms with Gasteiger partial charge in [0.05, 0.1) is 0 Å². The van der Waals surface area contributed by atoms with Crippen molar-refractivity contribution >= 4 is 5.97 Å². The Morgan fingerprint density at radius 1 is 1.00 bits per heavy atom. The zero-order valence-corrected chi connectivity index (χ0v) is 9.97. The number of azide groups is 1. The molecule has 0 atom stereocenters. The van der Waals surface area contributed by atoms with Crippen LogP contribution in [0, 0.1) is 0 Å². The van der Waals surface area contributed by atoms with E-state index >= 15 is 0 Å². The standard InChI is InChI=1S/C14H11N3O2/c15-17-16-14(13(18)19,11-7-3-1-4-8-11)12-9-5-2-6-10-12/h1-10H,(H,18,19). The van der Waals surface area contributed by atoms with Crippen LogP contribution in [-0.4, -0.2) is 11.1 Å². The Morgan fingerprint density at radius 2 is 1.42 bits per heavy atom. The fraction of sp³-hybridized carbons (Fsp3) is 0.0714. The Morgan fingerprint density at radius 3 is 1.74 bits per heavy atom. The molecule has 0 spiro atoms. The first-order valence-electron chi connectivity index (χ1n) is 5.62. The molecule has 2 rings (SSSR count). The lowest BCUT2D eigenvalue weighted by molar-refractivity contribution is -0.142. The SMILES string of the molecule is [N-]=[N+]=NC(C(=O)O)(c1ccccc1)c1ccccc1. The highest BCUT2D eigenvalue weighted by Gasteiger charge is 2.41.